The summed E-state index contributed by atoms with van der Waals surface area (Å²) in [5.74, 6) is 0.690. The predicted molar refractivity (Wildman–Crippen MR) is 119 cm³/mol. The number of aliphatic imine (C=N–C) groups is 1. The highest BCUT2D eigenvalue weighted by Gasteiger charge is 2.07. The number of rotatable bonds is 8. The number of H-pyrrole nitrogens is 1. The molecule has 2 aromatic rings. The van der Waals surface area contributed by atoms with Gasteiger partial charge in [0, 0.05) is 36.2 Å². The molecule has 0 atom stereocenters. The summed E-state index contributed by atoms with van der Waals surface area (Å²) in [5, 5.41) is 7.71. The molecule has 26 heavy (non-hydrogen) atoms. The first-order valence-electron chi connectivity index (χ1n) is 8.43. The van der Waals surface area contributed by atoms with E-state index < -0.39 is 10.0 Å². The van der Waals surface area contributed by atoms with Gasteiger partial charge < -0.3 is 15.6 Å². The Morgan fingerprint density at radius 2 is 1.92 bits per heavy atom. The van der Waals surface area contributed by atoms with Gasteiger partial charge in [0.2, 0.25) is 10.0 Å². The van der Waals surface area contributed by atoms with Crippen LogP contribution in [0, 0.1) is 6.92 Å². The van der Waals surface area contributed by atoms with Gasteiger partial charge in [-0.3, -0.25) is 4.99 Å². The van der Waals surface area contributed by atoms with Crippen molar-refractivity contribution in [3.05, 3.63) is 35.5 Å². The lowest BCUT2D eigenvalue weighted by molar-refractivity contribution is 0.588. The Labute approximate surface area is 172 Å². The van der Waals surface area contributed by atoms with Crippen LogP contribution in [0.5, 0.6) is 0 Å². The molecule has 4 N–H and O–H groups in total. The van der Waals surface area contributed by atoms with E-state index in [4.69, 9.17) is 0 Å². The second-order valence-corrected chi connectivity index (χ2v) is 7.71. The number of fused-ring (bicyclic) bond motifs is 1. The number of benzene rings is 1. The molecule has 0 aliphatic carbocycles. The molecule has 9 heteroatoms. The molecule has 0 saturated carbocycles. The van der Waals surface area contributed by atoms with Gasteiger partial charge in [0.15, 0.2) is 5.96 Å². The molecule has 1 aromatic heterocycles. The Balaban J connectivity index is 0.00000338. The molecular weight excluding hydrogens is 465 g/mol. The third-order valence-electron chi connectivity index (χ3n) is 3.78. The lowest BCUT2D eigenvalue weighted by atomic mass is 10.1. The quantitative estimate of drug-likeness (QED) is 0.195. The average Bonchev–Trinajstić information content (AvgIpc) is 2.86. The van der Waals surface area contributed by atoms with Crippen LogP contribution in [0.15, 0.2) is 29.3 Å². The van der Waals surface area contributed by atoms with Gasteiger partial charge in [-0.2, -0.15) is 0 Å². The molecule has 2 rings (SSSR count). The van der Waals surface area contributed by atoms with Crippen molar-refractivity contribution >= 4 is 50.9 Å². The van der Waals surface area contributed by atoms with E-state index in [0.29, 0.717) is 12.5 Å². The maximum atomic E-state index is 11.1. The van der Waals surface area contributed by atoms with Crippen molar-refractivity contribution in [2.24, 2.45) is 4.99 Å². The smallest absolute Gasteiger partial charge is 0.208 e. The molecule has 0 aliphatic heterocycles. The first-order valence-corrected chi connectivity index (χ1v) is 10.3. The topological polar surface area (TPSA) is 98.4 Å². The van der Waals surface area contributed by atoms with Crippen LogP contribution in [0.2, 0.25) is 0 Å². The molecule has 0 unspecified atom stereocenters. The molecule has 0 saturated heterocycles. The molecular formula is C17H28IN5O2S. The van der Waals surface area contributed by atoms with Crippen molar-refractivity contribution in [3.63, 3.8) is 0 Å². The van der Waals surface area contributed by atoms with Gasteiger partial charge >= 0.3 is 0 Å². The second kappa shape index (κ2) is 10.7. The molecule has 0 bridgehead atoms. The molecule has 1 heterocycles. The summed E-state index contributed by atoms with van der Waals surface area (Å²) in [7, 11) is -3.17. The van der Waals surface area contributed by atoms with Gasteiger partial charge in [-0.05, 0) is 31.9 Å². The summed E-state index contributed by atoms with van der Waals surface area (Å²) < 4.78 is 24.5. The van der Waals surface area contributed by atoms with Crippen molar-refractivity contribution < 1.29 is 8.42 Å². The van der Waals surface area contributed by atoms with E-state index in [1.54, 1.807) is 0 Å². The highest BCUT2D eigenvalue weighted by molar-refractivity contribution is 14.0. The van der Waals surface area contributed by atoms with E-state index in [1.165, 1.54) is 16.6 Å². The number of halogens is 1. The first kappa shape index (κ1) is 22.7. The predicted octanol–water partition coefficient (Wildman–Crippen LogP) is 1.74. The van der Waals surface area contributed by atoms with Gasteiger partial charge in [0.1, 0.15) is 0 Å². The highest BCUT2D eigenvalue weighted by atomic mass is 127. The molecule has 0 fully saturated rings. The molecule has 0 spiro atoms. The van der Waals surface area contributed by atoms with E-state index in [1.807, 2.05) is 19.1 Å². The molecule has 146 valence electrons. The molecule has 7 nitrogen and oxygen atoms in total. The largest absolute Gasteiger partial charge is 0.358 e. The standard InChI is InChI=1S/C17H27N5O2S.HI/c1-4-18-17(20-11-12-21-25(3,23)24)19-10-9-14-13(2)22-16-8-6-5-7-15(14)16;/h5-8,21-22H,4,9-12H2,1-3H3,(H2,18,19,20);1H. The number of aromatic nitrogens is 1. The van der Waals surface area contributed by atoms with Crippen molar-refractivity contribution in [2.45, 2.75) is 20.3 Å². The summed E-state index contributed by atoms with van der Waals surface area (Å²) in [6.07, 6.45) is 2.02. The zero-order valence-electron chi connectivity index (χ0n) is 15.4. The van der Waals surface area contributed by atoms with Crippen LogP contribution in [-0.2, 0) is 16.4 Å². The van der Waals surface area contributed by atoms with Crippen molar-refractivity contribution in [1.82, 2.24) is 20.3 Å². The van der Waals surface area contributed by atoms with Gasteiger partial charge in [-0.15, -0.1) is 24.0 Å². The minimum Gasteiger partial charge on any atom is -0.358 e. The zero-order valence-corrected chi connectivity index (χ0v) is 18.6. The Bertz CT molecular complexity index is 833. The number of hydrogen-bond donors (Lipinski definition) is 4. The molecule has 0 radical (unpaired) electrons. The van der Waals surface area contributed by atoms with E-state index >= 15 is 0 Å². The third kappa shape index (κ3) is 7.12. The van der Waals surface area contributed by atoms with E-state index in [0.717, 1.165) is 31.3 Å². The highest BCUT2D eigenvalue weighted by Crippen LogP contribution is 2.21. The number of guanidine groups is 1. The minimum atomic E-state index is -3.17. The lowest BCUT2D eigenvalue weighted by Gasteiger charge is -2.11. The Morgan fingerprint density at radius 3 is 2.62 bits per heavy atom. The monoisotopic (exact) mass is 493 g/mol. The fourth-order valence-electron chi connectivity index (χ4n) is 2.70. The number of hydrogen-bond acceptors (Lipinski definition) is 3. The molecule has 0 amide bonds. The summed E-state index contributed by atoms with van der Waals surface area (Å²) in [6.45, 7) is 6.25. The molecule has 0 aliphatic rings. The number of sulfonamides is 1. The first-order chi connectivity index (χ1) is 11.9. The van der Waals surface area contributed by atoms with E-state index in [-0.39, 0.29) is 30.5 Å². The number of nitrogens with one attached hydrogen (secondary N) is 4. The van der Waals surface area contributed by atoms with Crippen molar-refractivity contribution in [1.29, 1.82) is 0 Å². The second-order valence-electron chi connectivity index (χ2n) is 5.88. The number of aromatic amines is 1. The van der Waals surface area contributed by atoms with Gasteiger partial charge in [0.05, 0.1) is 12.8 Å². The maximum Gasteiger partial charge on any atom is 0.208 e. The van der Waals surface area contributed by atoms with Crippen LogP contribution in [0.4, 0.5) is 0 Å². The van der Waals surface area contributed by atoms with Crippen LogP contribution in [0.1, 0.15) is 18.2 Å². The van der Waals surface area contributed by atoms with Crippen LogP contribution in [0.25, 0.3) is 10.9 Å². The average molecular weight is 493 g/mol. The lowest BCUT2D eigenvalue weighted by Crippen LogP contribution is -2.39. The van der Waals surface area contributed by atoms with Crippen LogP contribution in [0.3, 0.4) is 0 Å². The number of aryl methyl sites for hydroxylation is 1. The summed E-state index contributed by atoms with van der Waals surface area (Å²) in [5.41, 5.74) is 3.64. The Kier molecular flexibility index (Phi) is 9.37. The Hall–Kier alpha value is -1.33. The van der Waals surface area contributed by atoms with Crippen molar-refractivity contribution in [3.8, 4) is 0 Å². The fraction of sp³-hybridized carbons (Fsp3) is 0.471. The Morgan fingerprint density at radius 1 is 1.19 bits per heavy atom. The van der Waals surface area contributed by atoms with Gasteiger partial charge in [-0.1, -0.05) is 18.2 Å². The van der Waals surface area contributed by atoms with Gasteiger partial charge in [0.25, 0.3) is 0 Å². The van der Waals surface area contributed by atoms with E-state index in [9.17, 15) is 8.42 Å². The summed E-state index contributed by atoms with van der Waals surface area (Å²) in [4.78, 5) is 7.79. The summed E-state index contributed by atoms with van der Waals surface area (Å²) in [6, 6.07) is 8.29. The SMILES string of the molecule is CCNC(=NCCNS(C)(=O)=O)NCCc1c(C)[nH]c2ccccc12.I. The van der Waals surface area contributed by atoms with Crippen LogP contribution >= 0.6 is 24.0 Å². The normalized spacial score (nSPS) is 12.0. The number of para-hydroxylation sites is 1. The third-order valence-corrected chi connectivity index (χ3v) is 4.51. The maximum absolute atomic E-state index is 11.1. The molecule has 1 aromatic carbocycles. The number of nitrogens with zero attached hydrogens (tertiary/aromatic N) is 1. The minimum absolute atomic E-state index is 0. The summed E-state index contributed by atoms with van der Waals surface area (Å²) >= 11 is 0. The van der Waals surface area contributed by atoms with Gasteiger partial charge in [-0.25, -0.2) is 13.1 Å². The zero-order chi connectivity index (χ0) is 18.3. The van der Waals surface area contributed by atoms with Crippen LogP contribution < -0.4 is 15.4 Å². The van der Waals surface area contributed by atoms with Crippen LogP contribution in [-0.4, -0.2) is 51.8 Å². The fourth-order valence-corrected chi connectivity index (χ4v) is 3.17. The van der Waals surface area contributed by atoms with E-state index in [2.05, 4.69) is 44.4 Å². The van der Waals surface area contributed by atoms with Crippen molar-refractivity contribution in [2.75, 3.05) is 32.4 Å².